The van der Waals surface area contributed by atoms with E-state index >= 15 is 0 Å². The number of nitrogens with one attached hydrogen (secondary N) is 1. The number of hydrogen-bond donors (Lipinski definition) is 1. The monoisotopic (exact) mass is 443 g/mol. The van der Waals surface area contributed by atoms with Crippen molar-refractivity contribution in [1.82, 2.24) is 9.97 Å². The van der Waals surface area contributed by atoms with Crippen LogP contribution in [0.25, 0.3) is 22.2 Å². The average Bonchev–Trinajstić information content (AvgIpc) is 3.18. The molecule has 4 aromatic rings. The van der Waals surface area contributed by atoms with Crippen LogP contribution in [-0.2, 0) is 16.4 Å². The molecule has 30 heavy (non-hydrogen) atoms. The van der Waals surface area contributed by atoms with Crippen LogP contribution >= 0.6 is 11.6 Å². The summed E-state index contributed by atoms with van der Waals surface area (Å²) < 4.78 is 38.7. The van der Waals surface area contributed by atoms with Crippen LogP contribution in [0.15, 0.2) is 64.4 Å². The van der Waals surface area contributed by atoms with Crippen molar-refractivity contribution in [3.05, 3.63) is 65.8 Å². The molecule has 0 amide bonds. The summed E-state index contributed by atoms with van der Waals surface area (Å²) in [6.45, 7) is 2.04. The maximum absolute atomic E-state index is 12.8. The van der Waals surface area contributed by atoms with Gasteiger partial charge in [0.1, 0.15) is 12.0 Å². The summed E-state index contributed by atoms with van der Waals surface area (Å²) in [5.74, 6) is 0.558. The van der Waals surface area contributed by atoms with E-state index in [0.29, 0.717) is 17.0 Å². The van der Waals surface area contributed by atoms with E-state index in [9.17, 15) is 8.42 Å². The Balaban J connectivity index is 1.72. The number of methoxy groups -OCH3 is 1. The number of aryl methyl sites for hydroxylation is 1. The summed E-state index contributed by atoms with van der Waals surface area (Å²) >= 11 is 6.17. The maximum atomic E-state index is 12.8. The van der Waals surface area contributed by atoms with Gasteiger partial charge in [0.25, 0.3) is 10.0 Å². The normalized spacial score (nSPS) is 11.6. The number of anilines is 1. The molecular formula is C21H18ClN3O4S. The first-order valence-electron chi connectivity index (χ1n) is 9.10. The highest BCUT2D eigenvalue weighted by molar-refractivity contribution is 7.92. The molecule has 3 aromatic heterocycles. The Labute approximate surface area is 178 Å². The molecule has 0 bridgehead atoms. The minimum absolute atomic E-state index is 0.0380. The molecule has 1 N–H and O–H groups in total. The number of furan rings is 1. The van der Waals surface area contributed by atoms with Gasteiger partial charge < -0.3 is 9.15 Å². The van der Waals surface area contributed by atoms with Crippen LogP contribution in [0.1, 0.15) is 12.5 Å². The van der Waals surface area contributed by atoms with Gasteiger partial charge in [-0.3, -0.25) is 4.72 Å². The second kappa shape index (κ2) is 7.97. The summed E-state index contributed by atoms with van der Waals surface area (Å²) in [5, 5.41) is 0.860. The minimum atomic E-state index is -3.87. The Morgan fingerprint density at radius 3 is 2.60 bits per heavy atom. The van der Waals surface area contributed by atoms with Crippen LogP contribution in [0.4, 0.5) is 5.69 Å². The Hall–Kier alpha value is -3.10. The largest absolute Gasteiger partial charge is 0.497 e. The molecule has 0 aliphatic rings. The number of fused-ring (bicyclic) bond motifs is 1. The first-order valence-corrected chi connectivity index (χ1v) is 11.0. The van der Waals surface area contributed by atoms with Crippen molar-refractivity contribution < 1.29 is 17.6 Å². The number of pyridine rings is 2. The number of benzene rings is 1. The van der Waals surface area contributed by atoms with E-state index in [4.69, 9.17) is 20.8 Å². The number of sulfonamides is 1. The third-order valence-corrected chi connectivity index (χ3v) is 6.34. The molecule has 154 valence electrons. The smallest absolute Gasteiger partial charge is 0.261 e. The van der Waals surface area contributed by atoms with E-state index in [1.165, 1.54) is 19.2 Å². The van der Waals surface area contributed by atoms with Crippen LogP contribution in [0.3, 0.4) is 0 Å². The zero-order chi connectivity index (χ0) is 21.3. The van der Waals surface area contributed by atoms with Crippen molar-refractivity contribution in [2.24, 2.45) is 0 Å². The summed E-state index contributed by atoms with van der Waals surface area (Å²) in [5.41, 5.74) is 3.13. The quantitative estimate of drug-likeness (QED) is 0.425. The van der Waals surface area contributed by atoms with Crippen LogP contribution in [-0.4, -0.2) is 25.5 Å². The topological polar surface area (TPSA) is 94.3 Å². The second-order valence-electron chi connectivity index (χ2n) is 6.54. The summed E-state index contributed by atoms with van der Waals surface area (Å²) in [7, 11) is -2.35. The average molecular weight is 444 g/mol. The van der Waals surface area contributed by atoms with E-state index in [1.807, 2.05) is 13.0 Å². The van der Waals surface area contributed by atoms with E-state index in [0.717, 1.165) is 22.9 Å². The van der Waals surface area contributed by atoms with Gasteiger partial charge in [-0.25, -0.2) is 18.4 Å². The first-order chi connectivity index (χ1) is 14.4. The summed E-state index contributed by atoms with van der Waals surface area (Å²) in [4.78, 5) is 8.54. The van der Waals surface area contributed by atoms with Gasteiger partial charge in [0.05, 0.1) is 17.7 Å². The van der Waals surface area contributed by atoms with Crippen LogP contribution < -0.4 is 9.46 Å². The molecule has 0 aliphatic carbocycles. The Kier molecular flexibility index (Phi) is 5.36. The van der Waals surface area contributed by atoms with Gasteiger partial charge in [0.15, 0.2) is 5.15 Å². The van der Waals surface area contributed by atoms with Gasteiger partial charge in [-0.15, -0.1) is 0 Å². The molecule has 0 spiro atoms. The van der Waals surface area contributed by atoms with Crippen molar-refractivity contribution in [3.63, 3.8) is 0 Å². The molecule has 0 saturated heterocycles. The second-order valence-corrected chi connectivity index (χ2v) is 8.58. The lowest BCUT2D eigenvalue weighted by molar-refractivity contribution is 0.414. The SMILES string of the molecule is CCc1cnc2occ(-c3cnc(Cl)c(NS(=O)(=O)c4ccc(OC)cc4)c3)c2c1. The first kappa shape index (κ1) is 20.2. The van der Waals surface area contributed by atoms with Crippen LogP contribution in [0.2, 0.25) is 5.15 Å². The molecule has 7 nitrogen and oxygen atoms in total. The molecule has 9 heteroatoms. The number of halogens is 1. The van der Waals surface area contributed by atoms with E-state index < -0.39 is 10.0 Å². The lowest BCUT2D eigenvalue weighted by Crippen LogP contribution is -2.13. The molecule has 3 heterocycles. The molecule has 0 aliphatic heterocycles. The lowest BCUT2D eigenvalue weighted by atomic mass is 10.1. The molecule has 4 rings (SSSR count). The molecule has 0 fully saturated rings. The standard InChI is InChI=1S/C21H18ClN3O4S/c1-3-13-8-17-18(12-29-21(17)24-10-13)14-9-19(20(22)23-11-14)25-30(26,27)16-6-4-15(28-2)5-7-16/h4-12,25H,3H2,1-2H3. The molecule has 0 atom stereocenters. The van der Waals surface area contributed by atoms with Gasteiger partial charge in [-0.1, -0.05) is 18.5 Å². The van der Waals surface area contributed by atoms with Gasteiger partial charge in [-0.05, 0) is 48.4 Å². The Morgan fingerprint density at radius 1 is 1.13 bits per heavy atom. The number of ether oxygens (including phenoxy) is 1. The number of aromatic nitrogens is 2. The Morgan fingerprint density at radius 2 is 1.90 bits per heavy atom. The van der Waals surface area contributed by atoms with Crippen molar-refractivity contribution >= 4 is 38.4 Å². The van der Waals surface area contributed by atoms with E-state index in [1.54, 1.807) is 36.9 Å². The van der Waals surface area contributed by atoms with E-state index in [2.05, 4.69) is 14.7 Å². The maximum Gasteiger partial charge on any atom is 0.261 e. The van der Waals surface area contributed by atoms with Gasteiger partial charge in [0.2, 0.25) is 5.71 Å². The third kappa shape index (κ3) is 3.83. The fourth-order valence-corrected chi connectivity index (χ4v) is 4.27. The molecule has 0 unspecified atom stereocenters. The van der Waals surface area contributed by atoms with Crippen LogP contribution in [0, 0.1) is 0 Å². The summed E-state index contributed by atoms with van der Waals surface area (Å²) in [6.07, 6.45) is 5.74. The minimum Gasteiger partial charge on any atom is -0.497 e. The fourth-order valence-electron chi connectivity index (χ4n) is 3.00. The Bertz CT molecular complexity index is 1320. The van der Waals surface area contributed by atoms with Crippen LogP contribution in [0.5, 0.6) is 5.75 Å². The van der Waals surface area contributed by atoms with Gasteiger partial charge in [-0.2, -0.15) is 0 Å². The third-order valence-electron chi connectivity index (χ3n) is 4.66. The number of hydrogen-bond acceptors (Lipinski definition) is 6. The molecular weight excluding hydrogens is 426 g/mol. The predicted molar refractivity (Wildman–Crippen MR) is 115 cm³/mol. The highest BCUT2D eigenvalue weighted by Crippen LogP contribution is 2.34. The lowest BCUT2D eigenvalue weighted by Gasteiger charge is -2.11. The summed E-state index contributed by atoms with van der Waals surface area (Å²) in [6, 6.07) is 9.67. The van der Waals surface area contributed by atoms with Crippen molar-refractivity contribution in [2.45, 2.75) is 18.2 Å². The van der Waals surface area contributed by atoms with Crippen molar-refractivity contribution in [3.8, 4) is 16.9 Å². The number of rotatable bonds is 6. The highest BCUT2D eigenvalue weighted by Gasteiger charge is 2.18. The van der Waals surface area contributed by atoms with Crippen molar-refractivity contribution in [1.29, 1.82) is 0 Å². The molecule has 0 radical (unpaired) electrons. The molecule has 1 aromatic carbocycles. The number of nitrogens with zero attached hydrogens (tertiary/aromatic N) is 2. The zero-order valence-electron chi connectivity index (χ0n) is 16.2. The zero-order valence-corrected chi connectivity index (χ0v) is 17.8. The predicted octanol–water partition coefficient (Wildman–Crippen LogP) is 4.92. The highest BCUT2D eigenvalue weighted by atomic mass is 35.5. The van der Waals surface area contributed by atoms with E-state index in [-0.39, 0.29) is 15.7 Å². The van der Waals surface area contributed by atoms with Crippen molar-refractivity contribution in [2.75, 3.05) is 11.8 Å². The van der Waals surface area contributed by atoms with Gasteiger partial charge in [0, 0.05) is 28.9 Å². The fraction of sp³-hybridized carbons (Fsp3) is 0.143. The van der Waals surface area contributed by atoms with Gasteiger partial charge >= 0.3 is 0 Å². The molecule has 0 saturated carbocycles.